The van der Waals surface area contributed by atoms with Crippen LogP contribution >= 0.6 is 11.6 Å². The normalized spacial score (nSPS) is 11.3. The lowest BCUT2D eigenvalue weighted by Crippen LogP contribution is -2.12. The van der Waals surface area contributed by atoms with Crippen LogP contribution < -0.4 is 4.74 Å². The summed E-state index contributed by atoms with van der Waals surface area (Å²) in [6, 6.07) is 11.3. The van der Waals surface area contributed by atoms with Crippen molar-refractivity contribution in [1.29, 1.82) is 0 Å². The molecule has 122 valence electrons. The van der Waals surface area contributed by atoms with E-state index < -0.39 is 11.7 Å². The standard InChI is InChI=1S/C16H12ClF3O3/c17-13-8-12(16(18,19)20)6-7-15(13)23-10-22-9-14(21)11-4-2-1-3-5-11/h1-8H,9-10H2. The van der Waals surface area contributed by atoms with E-state index in [1.54, 1.807) is 30.3 Å². The lowest BCUT2D eigenvalue weighted by atomic mass is 10.1. The van der Waals surface area contributed by atoms with E-state index in [-0.39, 0.29) is 30.0 Å². The Bertz CT molecular complexity index is 672. The summed E-state index contributed by atoms with van der Waals surface area (Å²) in [7, 11) is 0. The van der Waals surface area contributed by atoms with E-state index in [2.05, 4.69) is 0 Å². The average Bonchev–Trinajstić information content (AvgIpc) is 2.52. The molecule has 0 N–H and O–H groups in total. The van der Waals surface area contributed by atoms with E-state index >= 15 is 0 Å². The van der Waals surface area contributed by atoms with Gasteiger partial charge < -0.3 is 9.47 Å². The van der Waals surface area contributed by atoms with E-state index in [0.717, 1.165) is 18.2 Å². The minimum Gasteiger partial charge on any atom is -0.466 e. The fraction of sp³-hybridized carbons (Fsp3) is 0.188. The minimum atomic E-state index is -4.47. The van der Waals surface area contributed by atoms with E-state index in [0.29, 0.717) is 5.56 Å². The predicted molar refractivity (Wildman–Crippen MR) is 78.7 cm³/mol. The summed E-state index contributed by atoms with van der Waals surface area (Å²) >= 11 is 5.73. The second-order valence-electron chi connectivity index (χ2n) is 4.54. The molecule has 23 heavy (non-hydrogen) atoms. The summed E-state index contributed by atoms with van der Waals surface area (Å²) in [5, 5.41) is -0.183. The van der Waals surface area contributed by atoms with Crippen LogP contribution in [0.5, 0.6) is 5.75 Å². The second kappa shape index (κ2) is 7.48. The van der Waals surface area contributed by atoms with E-state index in [9.17, 15) is 18.0 Å². The first-order valence-electron chi connectivity index (χ1n) is 6.53. The number of hydrogen-bond acceptors (Lipinski definition) is 3. The molecule has 2 aromatic carbocycles. The summed E-state index contributed by atoms with van der Waals surface area (Å²) in [6.45, 7) is -0.508. The van der Waals surface area contributed by atoms with E-state index in [4.69, 9.17) is 21.1 Å². The number of carbonyl (C=O) groups excluding carboxylic acids is 1. The zero-order valence-corrected chi connectivity index (χ0v) is 12.5. The highest BCUT2D eigenvalue weighted by atomic mass is 35.5. The molecule has 7 heteroatoms. The molecule has 0 aromatic heterocycles. The van der Waals surface area contributed by atoms with Gasteiger partial charge in [0.15, 0.2) is 12.6 Å². The van der Waals surface area contributed by atoms with Crippen LogP contribution in [0.4, 0.5) is 13.2 Å². The molecule has 0 aliphatic heterocycles. The van der Waals surface area contributed by atoms with Gasteiger partial charge in [0.25, 0.3) is 0 Å². The number of benzene rings is 2. The Morgan fingerprint density at radius 3 is 2.39 bits per heavy atom. The number of alkyl halides is 3. The van der Waals surface area contributed by atoms with Gasteiger partial charge in [-0.2, -0.15) is 13.2 Å². The largest absolute Gasteiger partial charge is 0.466 e. The molecular weight excluding hydrogens is 333 g/mol. The van der Waals surface area contributed by atoms with Crippen molar-refractivity contribution in [2.75, 3.05) is 13.4 Å². The van der Waals surface area contributed by atoms with Crippen molar-refractivity contribution < 1.29 is 27.4 Å². The SMILES string of the molecule is O=C(COCOc1ccc(C(F)(F)F)cc1Cl)c1ccccc1. The van der Waals surface area contributed by atoms with Gasteiger partial charge in [-0.3, -0.25) is 4.79 Å². The van der Waals surface area contributed by atoms with Crippen molar-refractivity contribution in [3.05, 3.63) is 64.7 Å². The van der Waals surface area contributed by atoms with Crippen LogP contribution in [0.25, 0.3) is 0 Å². The van der Waals surface area contributed by atoms with Crippen LogP contribution in [-0.2, 0) is 10.9 Å². The molecule has 2 rings (SSSR count). The second-order valence-corrected chi connectivity index (χ2v) is 4.95. The third-order valence-electron chi connectivity index (χ3n) is 2.89. The quantitative estimate of drug-likeness (QED) is 0.436. The van der Waals surface area contributed by atoms with Gasteiger partial charge >= 0.3 is 6.18 Å². The smallest absolute Gasteiger partial charge is 0.416 e. The molecule has 0 unspecified atom stereocenters. The molecule has 0 aliphatic carbocycles. The van der Waals surface area contributed by atoms with Crippen LogP contribution in [0.2, 0.25) is 5.02 Å². The Balaban J connectivity index is 1.84. The fourth-order valence-corrected chi connectivity index (χ4v) is 1.98. The molecule has 0 saturated carbocycles. The average molecular weight is 345 g/mol. The maximum absolute atomic E-state index is 12.5. The Labute approximate surface area is 135 Å². The lowest BCUT2D eigenvalue weighted by Gasteiger charge is -2.11. The highest BCUT2D eigenvalue weighted by Gasteiger charge is 2.31. The molecule has 0 bridgehead atoms. The number of rotatable bonds is 6. The molecule has 0 atom stereocenters. The number of carbonyl (C=O) groups is 1. The van der Waals surface area contributed by atoms with Crippen molar-refractivity contribution in [3.63, 3.8) is 0 Å². The maximum atomic E-state index is 12.5. The van der Waals surface area contributed by atoms with Gasteiger partial charge in [0, 0.05) is 5.56 Å². The van der Waals surface area contributed by atoms with Crippen molar-refractivity contribution >= 4 is 17.4 Å². The van der Waals surface area contributed by atoms with Crippen LogP contribution in [0.15, 0.2) is 48.5 Å². The molecule has 0 amide bonds. The van der Waals surface area contributed by atoms with Gasteiger partial charge in [-0.25, -0.2) is 0 Å². The molecule has 3 nitrogen and oxygen atoms in total. The first kappa shape index (κ1) is 17.3. The van der Waals surface area contributed by atoms with E-state index in [1.807, 2.05) is 0 Å². The molecule has 0 heterocycles. The number of halogens is 4. The maximum Gasteiger partial charge on any atom is 0.416 e. The van der Waals surface area contributed by atoms with Gasteiger partial charge in [0.2, 0.25) is 0 Å². The summed E-state index contributed by atoms with van der Waals surface area (Å²) in [5.41, 5.74) is -0.366. The Hall–Kier alpha value is -2.05. The third-order valence-corrected chi connectivity index (χ3v) is 3.18. The van der Waals surface area contributed by atoms with Crippen LogP contribution in [-0.4, -0.2) is 19.2 Å². The summed E-state index contributed by atoms with van der Waals surface area (Å²) in [5.74, 6) is -0.181. The van der Waals surface area contributed by atoms with Gasteiger partial charge in [-0.15, -0.1) is 0 Å². The van der Waals surface area contributed by atoms with Crippen molar-refractivity contribution in [3.8, 4) is 5.75 Å². The summed E-state index contributed by atoms with van der Waals surface area (Å²) in [6.07, 6.45) is -4.47. The summed E-state index contributed by atoms with van der Waals surface area (Å²) < 4.78 is 47.7. The first-order chi connectivity index (χ1) is 10.9. The van der Waals surface area contributed by atoms with Gasteiger partial charge in [-0.1, -0.05) is 41.9 Å². The number of Topliss-reactive ketones (excluding diaryl/α,β-unsaturated/α-hetero) is 1. The molecule has 0 radical (unpaired) electrons. The van der Waals surface area contributed by atoms with Crippen LogP contribution in [0, 0.1) is 0 Å². The van der Waals surface area contributed by atoms with Crippen LogP contribution in [0.1, 0.15) is 15.9 Å². The molecule has 0 aliphatic rings. The molecular formula is C16H12ClF3O3. The number of ketones is 1. The Kier molecular flexibility index (Phi) is 5.63. The van der Waals surface area contributed by atoms with E-state index in [1.165, 1.54) is 0 Å². The molecule has 0 saturated heterocycles. The minimum absolute atomic E-state index is 0.0480. The highest BCUT2D eigenvalue weighted by Crippen LogP contribution is 2.34. The Morgan fingerprint density at radius 2 is 1.78 bits per heavy atom. The number of ether oxygens (including phenoxy) is 2. The topological polar surface area (TPSA) is 35.5 Å². The van der Waals surface area contributed by atoms with Gasteiger partial charge in [-0.05, 0) is 18.2 Å². The van der Waals surface area contributed by atoms with Gasteiger partial charge in [0.05, 0.1) is 10.6 Å². The first-order valence-corrected chi connectivity index (χ1v) is 6.91. The Morgan fingerprint density at radius 1 is 1.09 bits per heavy atom. The number of hydrogen-bond donors (Lipinski definition) is 0. The fourth-order valence-electron chi connectivity index (χ4n) is 1.74. The van der Waals surface area contributed by atoms with Crippen molar-refractivity contribution in [1.82, 2.24) is 0 Å². The third kappa shape index (κ3) is 4.97. The predicted octanol–water partition coefficient (Wildman–Crippen LogP) is 4.59. The van der Waals surface area contributed by atoms with Crippen molar-refractivity contribution in [2.45, 2.75) is 6.18 Å². The molecule has 0 spiro atoms. The molecule has 0 fully saturated rings. The zero-order valence-electron chi connectivity index (χ0n) is 11.8. The lowest BCUT2D eigenvalue weighted by molar-refractivity contribution is -0.137. The van der Waals surface area contributed by atoms with Gasteiger partial charge in [0.1, 0.15) is 12.4 Å². The highest BCUT2D eigenvalue weighted by molar-refractivity contribution is 6.32. The molecule has 2 aromatic rings. The monoisotopic (exact) mass is 344 g/mol. The van der Waals surface area contributed by atoms with Crippen molar-refractivity contribution in [2.24, 2.45) is 0 Å². The zero-order chi connectivity index (χ0) is 16.9. The van der Waals surface area contributed by atoms with Crippen LogP contribution in [0.3, 0.4) is 0 Å². The summed E-state index contributed by atoms with van der Waals surface area (Å²) in [4.78, 5) is 11.7.